The number of aromatic nitrogens is 1. The summed E-state index contributed by atoms with van der Waals surface area (Å²) in [6, 6.07) is 3.44. The fraction of sp³-hybridized carbons (Fsp3) is 0.467. The smallest absolute Gasteiger partial charge is 0.324 e. The molecule has 8 nitrogen and oxygen atoms in total. The van der Waals surface area contributed by atoms with Crippen LogP contribution in [-0.2, 0) is 4.74 Å². The fourth-order valence-electron chi connectivity index (χ4n) is 3.46. The van der Waals surface area contributed by atoms with Crippen LogP contribution in [0.1, 0.15) is 6.42 Å². The molecule has 1 aromatic carbocycles. The fourth-order valence-corrected chi connectivity index (χ4v) is 4.48. The number of thiazole rings is 1. The zero-order valence-electron chi connectivity index (χ0n) is 12.6. The number of hydrogen-bond acceptors (Lipinski definition) is 7. The van der Waals surface area contributed by atoms with Crippen LogP contribution in [0.2, 0.25) is 0 Å². The van der Waals surface area contributed by atoms with Gasteiger partial charge in [0, 0.05) is 0 Å². The standard InChI is InChI=1S/C15H15N3O5S/c19-4-7-3-9-8(5-21-7)16-14(20)18(9)15-17-12-11(24-15)2-1-10-13(12)23-6-22-10/h1-2,7-9,19H,3-6H2,(H,16,20)/t7-,8+,9-/m1/s1. The lowest BCUT2D eigenvalue weighted by atomic mass is 10.00. The number of carbonyl (C=O) groups is 1. The Morgan fingerprint density at radius 3 is 3.21 bits per heavy atom. The molecule has 9 heteroatoms. The number of aliphatic hydroxyl groups is 1. The van der Waals surface area contributed by atoms with Crippen molar-refractivity contribution in [2.45, 2.75) is 24.6 Å². The first-order valence-corrected chi connectivity index (χ1v) is 8.57. The third-order valence-electron chi connectivity index (χ3n) is 4.63. The predicted molar refractivity (Wildman–Crippen MR) is 85.8 cm³/mol. The monoisotopic (exact) mass is 349 g/mol. The molecule has 3 atom stereocenters. The molecule has 0 radical (unpaired) electrons. The Balaban J connectivity index is 1.55. The van der Waals surface area contributed by atoms with E-state index in [2.05, 4.69) is 10.3 Å². The number of hydrogen-bond donors (Lipinski definition) is 2. The van der Waals surface area contributed by atoms with Gasteiger partial charge in [-0.15, -0.1) is 0 Å². The van der Waals surface area contributed by atoms with Crippen LogP contribution in [0.15, 0.2) is 12.1 Å². The Labute approximate surface area is 140 Å². The molecule has 2 aromatic rings. The van der Waals surface area contributed by atoms with Gasteiger partial charge in [-0.1, -0.05) is 11.3 Å². The number of rotatable bonds is 2. The highest BCUT2D eigenvalue weighted by Gasteiger charge is 2.45. The van der Waals surface area contributed by atoms with E-state index >= 15 is 0 Å². The highest BCUT2D eigenvalue weighted by molar-refractivity contribution is 7.22. The topological polar surface area (TPSA) is 93.2 Å². The summed E-state index contributed by atoms with van der Waals surface area (Å²) >= 11 is 1.44. The van der Waals surface area contributed by atoms with Gasteiger partial charge in [-0.3, -0.25) is 4.90 Å². The molecule has 24 heavy (non-hydrogen) atoms. The third kappa shape index (κ3) is 1.98. The van der Waals surface area contributed by atoms with E-state index in [4.69, 9.17) is 14.2 Å². The van der Waals surface area contributed by atoms with Gasteiger partial charge in [0.05, 0.1) is 36.1 Å². The van der Waals surface area contributed by atoms with Crippen molar-refractivity contribution >= 4 is 32.7 Å². The number of fused-ring (bicyclic) bond motifs is 4. The molecule has 3 aliphatic heterocycles. The maximum atomic E-state index is 12.5. The first-order valence-electron chi connectivity index (χ1n) is 7.76. The first kappa shape index (κ1) is 14.3. The first-order chi connectivity index (χ1) is 11.7. The van der Waals surface area contributed by atoms with E-state index in [-0.39, 0.29) is 37.6 Å². The van der Waals surface area contributed by atoms with Crippen molar-refractivity contribution in [1.29, 1.82) is 0 Å². The van der Waals surface area contributed by atoms with Gasteiger partial charge in [0.15, 0.2) is 16.6 Å². The van der Waals surface area contributed by atoms with Crippen molar-refractivity contribution in [2.75, 3.05) is 24.9 Å². The Bertz CT molecular complexity index is 825. The number of carbonyl (C=O) groups excluding carboxylic acids is 1. The lowest BCUT2D eigenvalue weighted by Crippen LogP contribution is -2.48. The second-order valence-electron chi connectivity index (χ2n) is 6.01. The van der Waals surface area contributed by atoms with E-state index in [1.54, 1.807) is 4.90 Å². The average Bonchev–Trinajstić information content (AvgIpc) is 3.28. The maximum absolute atomic E-state index is 12.5. The minimum atomic E-state index is -0.253. The molecule has 4 heterocycles. The lowest BCUT2D eigenvalue weighted by molar-refractivity contribution is -0.0318. The van der Waals surface area contributed by atoms with Crippen molar-refractivity contribution in [2.24, 2.45) is 0 Å². The minimum absolute atomic E-state index is 0.0518. The second-order valence-corrected chi connectivity index (χ2v) is 7.02. The van der Waals surface area contributed by atoms with E-state index in [0.717, 1.165) is 4.70 Å². The summed E-state index contributed by atoms with van der Waals surface area (Å²) in [5.74, 6) is 1.31. The molecular weight excluding hydrogens is 334 g/mol. The summed E-state index contributed by atoms with van der Waals surface area (Å²) < 4.78 is 17.4. The van der Waals surface area contributed by atoms with Crippen LogP contribution in [-0.4, -0.2) is 54.3 Å². The summed E-state index contributed by atoms with van der Waals surface area (Å²) in [6.45, 7) is 0.533. The Morgan fingerprint density at radius 1 is 1.42 bits per heavy atom. The largest absolute Gasteiger partial charge is 0.454 e. The Hall–Kier alpha value is -2.10. The van der Waals surface area contributed by atoms with E-state index < -0.39 is 0 Å². The zero-order valence-corrected chi connectivity index (χ0v) is 13.4. The number of nitrogens with zero attached hydrogens (tertiary/aromatic N) is 2. The van der Waals surface area contributed by atoms with Gasteiger partial charge in [0.1, 0.15) is 5.52 Å². The van der Waals surface area contributed by atoms with Gasteiger partial charge in [0.25, 0.3) is 0 Å². The van der Waals surface area contributed by atoms with Crippen LogP contribution in [0.3, 0.4) is 0 Å². The van der Waals surface area contributed by atoms with Crippen LogP contribution < -0.4 is 19.7 Å². The highest BCUT2D eigenvalue weighted by Crippen LogP contribution is 2.43. The molecule has 0 saturated carbocycles. The zero-order chi connectivity index (χ0) is 16.3. The number of ether oxygens (including phenoxy) is 3. The van der Waals surface area contributed by atoms with Crippen molar-refractivity contribution in [3.05, 3.63) is 12.1 Å². The molecule has 126 valence electrons. The third-order valence-corrected chi connectivity index (χ3v) is 5.65. The van der Waals surface area contributed by atoms with Gasteiger partial charge in [-0.05, 0) is 18.6 Å². The summed E-state index contributed by atoms with van der Waals surface area (Å²) in [6.07, 6.45) is 0.324. The summed E-state index contributed by atoms with van der Waals surface area (Å²) in [7, 11) is 0. The molecule has 0 unspecified atom stereocenters. The molecule has 2 fully saturated rings. The van der Waals surface area contributed by atoms with E-state index in [9.17, 15) is 9.90 Å². The molecule has 2 saturated heterocycles. The van der Waals surface area contributed by atoms with Crippen molar-refractivity contribution in [3.63, 3.8) is 0 Å². The highest BCUT2D eigenvalue weighted by atomic mass is 32.1. The molecule has 0 spiro atoms. The molecule has 1 aromatic heterocycles. The maximum Gasteiger partial charge on any atom is 0.324 e. The number of urea groups is 1. The molecular formula is C15H15N3O5S. The molecule has 0 aliphatic carbocycles. The van der Waals surface area contributed by atoms with Crippen molar-refractivity contribution < 1.29 is 24.1 Å². The number of aliphatic hydroxyl groups excluding tert-OH is 1. The van der Waals surface area contributed by atoms with Crippen LogP contribution in [0.5, 0.6) is 11.5 Å². The quantitative estimate of drug-likeness (QED) is 0.843. The summed E-state index contributed by atoms with van der Waals surface area (Å²) in [5, 5.41) is 12.9. The van der Waals surface area contributed by atoms with Gasteiger partial charge in [-0.2, -0.15) is 0 Å². The van der Waals surface area contributed by atoms with Crippen LogP contribution >= 0.6 is 11.3 Å². The summed E-state index contributed by atoms with van der Waals surface area (Å²) in [5.41, 5.74) is 0.715. The molecule has 0 bridgehead atoms. The van der Waals surface area contributed by atoms with Crippen molar-refractivity contribution in [3.8, 4) is 11.5 Å². The SMILES string of the molecule is O=C1N[C@H]2CO[C@@H](CO)C[C@H]2N1c1nc2c3c(ccc2s1)OCO3. The Kier molecular flexibility index (Phi) is 3.09. The van der Waals surface area contributed by atoms with E-state index in [1.807, 2.05) is 12.1 Å². The van der Waals surface area contributed by atoms with Gasteiger partial charge in [-0.25, -0.2) is 9.78 Å². The van der Waals surface area contributed by atoms with Gasteiger partial charge >= 0.3 is 6.03 Å². The number of amides is 2. The van der Waals surface area contributed by atoms with Crippen LogP contribution in [0.25, 0.3) is 10.2 Å². The summed E-state index contributed by atoms with van der Waals surface area (Å²) in [4.78, 5) is 18.8. The number of anilines is 1. The van der Waals surface area contributed by atoms with Gasteiger partial charge < -0.3 is 24.6 Å². The van der Waals surface area contributed by atoms with E-state index in [1.165, 1.54) is 11.3 Å². The molecule has 3 aliphatic rings. The molecule has 2 N–H and O–H groups in total. The molecule has 5 rings (SSSR count). The second kappa shape index (κ2) is 5.20. The number of benzene rings is 1. The Morgan fingerprint density at radius 2 is 2.33 bits per heavy atom. The predicted octanol–water partition coefficient (Wildman–Crippen LogP) is 1.07. The van der Waals surface area contributed by atoms with Crippen LogP contribution in [0, 0.1) is 0 Å². The van der Waals surface area contributed by atoms with E-state index in [0.29, 0.717) is 35.2 Å². The average molecular weight is 349 g/mol. The van der Waals surface area contributed by atoms with Crippen molar-refractivity contribution in [1.82, 2.24) is 10.3 Å². The molecule has 2 amide bonds. The normalized spacial score (nSPS) is 28.3. The van der Waals surface area contributed by atoms with Crippen LogP contribution in [0.4, 0.5) is 9.93 Å². The number of nitrogens with one attached hydrogen (secondary N) is 1. The minimum Gasteiger partial charge on any atom is -0.454 e. The van der Waals surface area contributed by atoms with Gasteiger partial charge in [0.2, 0.25) is 6.79 Å². The lowest BCUT2D eigenvalue weighted by Gasteiger charge is -2.33.